The minimum atomic E-state index is -0.774. The zero-order valence-electron chi connectivity index (χ0n) is 5.96. The Hall–Kier alpha value is 0.273. The first-order valence-corrected chi connectivity index (χ1v) is 2.64. The zero-order chi connectivity index (χ0) is 7.28. The molecule has 0 aliphatic carbocycles. The van der Waals surface area contributed by atoms with Crippen LogP contribution in [0.3, 0.4) is 0 Å². The van der Waals surface area contributed by atoms with Crippen molar-refractivity contribution in [2.75, 3.05) is 6.61 Å². The summed E-state index contributed by atoms with van der Waals surface area (Å²) in [5.41, 5.74) is 0. The van der Waals surface area contributed by atoms with Gasteiger partial charge in [-0.1, -0.05) is 0 Å². The number of aliphatic hydroxyl groups excluding tert-OH is 1. The second-order valence-electron chi connectivity index (χ2n) is 1.76. The van der Waals surface area contributed by atoms with Gasteiger partial charge in [0.05, 0.1) is 6.10 Å². The maximum Gasteiger partial charge on any atom is 0.367 e. The van der Waals surface area contributed by atoms with Crippen LogP contribution in [0.25, 0.3) is 0 Å². The van der Waals surface area contributed by atoms with Crippen LogP contribution in [0.2, 0.25) is 0 Å². The van der Waals surface area contributed by atoms with Crippen LogP contribution in [0, 0.1) is 0 Å². The number of rotatable bonds is 3. The average Bonchev–Trinajstić information content (AvgIpc) is 1.83. The Morgan fingerprint density at radius 3 is 2.40 bits per heavy atom. The Labute approximate surface area is 78.6 Å². The molecule has 0 saturated carbocycles. The summed E-state index contributed by atoms with van der Waals surface area (Å²) in [4.78, 5) is 18.6. The molecule has 0 amide bonds. The molecule has 0 bridgehead atoms. The Bertz CT molecular complexity index is 93.6. The fourth-order valence-corrected chi connectivity index (χ4v) is 0.176. The maximum absolute atomic E-state index is 10.1. The summed E-state index contributed by atoms with van der Waals surface area (Å²) in [5, 5.41) is 8.09. The van der Waals surface area contributed by atoms with Gasteiger partial charge in [-0.05, 0) is 13.8 Å². The molecule has 0 heterocycles. The smallest absolute Gasteiger partial charge is 0.367 e. The molecule has 0 unspecified atom stereocenters. The molecular formula is C5H10O4Zr. The van der Waals surface area contributed by atoms with Gasteiger partial charge in [-0.3, -0.25) is 4.89 Å². The third-order valence-corrected chi connectivity index (χ3v) is 0.463. The van der Waals surface area contributed by atoms with Crippen LogP contribution in [0.5, 0.6) is 0 Å². The van der Waals surface area contributed by atoms with E-state index < -0.39 is 12.6 Å². The van der Waals surface area contributed by atoms with Crippen molar-refractivity contribution >= 4 is 5.97 Å². The van der Waals surface area contributed by atoms with E-state index in [2.05, 4.69) is 9.78 Å². The zero-order valence-corrected chi connectivity index (χ0v) is 8.41. The van der Waals surface area contributed by atoms with Gasteiger partial charge in [-0.15, -0.1) is 0 Å². The van der Waals surface area contributed by atoms with Crippen LogP contribution in [0.4, 0.5) is 0 Å². The van der Waals surface area contributed by atoms with Crippen LogP contribution in [-0.2, 0) is 40.8 Å². The monoisotopic (exact) mass is 224 g/mol. The molecule has 58 valence electrons. The summed E-state index contributed by atoms with van der Waals surface area (Å²) in [5.74, 6) is -0.774. The quantitative estimate of drug-likeness (QED) is 0.536. The van der Waals surface area contributed by atoms with Crippen molar-refractivity contribution in [3.8, 4) is 0 Å². The first kappa shape index (κ1) is 12.9. The molecule has 4 nitrogen and oxygen atoms in total. The average molecular weight is 225 g/mol. The summed E-state index contributed by atoms with van der Waals surface area (Å²) >= 11 is 0. The molecule has 0 radical (unpaired) electrons. The Morgan fingerprint density at radius 2 is 2.10 bits per heavy atom. The van der Waals surface area contributed by atoms with Gasteiger partial charge in [0.2, 0.25) is 0 Å². The first-order chi connectivity index (χ1) is 4.16. The minimum absolute atomic E-state index is 0. The Kier molecular flexibility index (Phi) is 9.53. The van der Waals surface area contributed by atoms with Crippen LogP contribution in [-0.4, -0.2) is 23.8 Å². The molecule has 0 aliphatic heterocycles. The number of hydrogen-bond acceptors (Lipinski definition) is 4. The van der Waals surface area contributed by atoms with Crippen LogP contribution < -0.4 is 0 Å². The van der Waals surface area contributed by atoms with Crippen LogP contribution >= 0.6 is 0 Å². The van der Waals surface area contributed by atoms with Gasteiger partial charge in [0.15, 0.2) is 0 Å². The van der Waals surface area contributed by atoms with Crippen LogP contribution in [0.1, 0.15) is 13.8 Å². The summed E-state index contributed by atoms with van der Waals surface area (Å²) in [6.45, 7) is 2.78. The third-order valence-electron chi connectivity index (χ3n) is 0.463. The second kappa shape index (κ2) is 7.38. The first-order valence-electron chi connectivity index (χ1n) is 2.64. The fraction of sp³-hybridized carbons (Fsp3) is 0.800. The molecule has 0 rings (SSSR count). The van der Waals surface area contributed by atoms with Gasteiger partial charge in [-0.2, -0.15) is 4.89 Å². The van der Waals surface area contributed by atoms with E-state index >= 15 is 0 Å². The Balaban J connectivity index is 0. The molecule has 10 heavy (non-hydrogen) atoms. The van der Waals surface area contributed by atoms with Crippen molar-refractivity contribution < 1.29 is 45.9 Å². The third kappa shape index (κ3) is 8.27. The van der Waals surface area contributed by atoms with Gasteiger partial charge >= 0.3 is 5.97 Å². The summed E-state index contributed by atoms with van der Waals surface area (Å²) < 4.78 is 0. The molecule has 0 atom stereocenters. The van der Waals surface area contributed by atoms with Gasteiger partial charge in [0.25, 0.3) is 0 Å². The molecule has 0 aromatic rings. The van der Waals surface area contributed by atoms with Crippen molar-refractivity contribution in [3.05, 3.63) is 0 Å². The van der Waals surface area contributed by atoms with E-state index in [0.29, 0.717) is 0 Å². The van der Waals surface area contributed by atoms with Gasteiger partial charge in [0.1, 0.15) is 6.61 Å². The predicted molar refractivity (Wildman–Crippen MR) is 29.4 cm³/mol. The summed E-state index contributed by atoms with van der Waals surface area (Å²) in [6, 6.07) is 0. The summed E-state index contributed by atoms with van der Waals surface area (Å²) in [7, 11) is 0. The topological polar surface area (TPSA) is 55.8 Å². The van der Waals surface area contributed by atoms with Crippen molar-refractivity contribution in [2.45, 2.75) is 20.0 Å². The van der Waals surface area contributed by atoms with Crippen molar-refractivity contribution in [3.63, 3.8) is 0 Å². The number of carbonyl (C=O) groups excluding carboxylic acids is 1. The normalized spacial score (nSPS) is 8.80. The van der Waals surface area contributed by atoms with Crippen molar-refractivity contribution in [2.24, 2.45) is 0 Å². The maximum atomic E-state index is 10.1. The van der Waals surface area contributed by atoms with Crippen molar-refractivity contribution in [1.29, 1.82) is 0 Å². The molecule has 1 N–H and O–H groups in total. The van der Waals surface area contributed by atoms with Crippen molar-refractivity contribution in [1.82, 2.24) is 0 Å². The SMILES string of the molecule is CC(C)OOC(=O)CO.[Zr]. The Morgan fingerprint density at radius 1 is 1.60 bits per heavy atom. The molecule has 0 aromatic carbocycles. The largest absolute Gasteiger partial charge is 0.385 e. The van der Waals surface area contributed by atoms with E-state index in [0.717, 1.165) is 0 Å². The molecule has 0 spiro atoms. The molecule has 0 aliphatic rings. The molecule has 0 saturated heterocycles. The second-order valence-corrected chi connectivity index (χ2v) is 1.76. The summed E-state index contributed by atoms with van der Waals surface area (Å²) in [6.07, 6.45) is -0.166. The van der Waals surface area contributed by atoms with Gasteiger partial charge in [-0.25, -0.2) is 4.79 Å². The van der Waals surface area contributed by atoms with Gasteiger partial charge < -0.3 is 5.11 Å². The number of hydrogen-bond donors (Lipinski definition) is 1. The fourth-order valence-electron chi connectivity index (χ4n) is 0.176. The standard InChI is InChI=1S/C5H10O4.Zr/c1-4(2)8-9-5(7)3-6;/h4,6H,3H2,1-2H3;. The molecular weight excluding hydrogens is 215 g/mol. The van der Waals surface area contributed by atoms with Crippen LogP contribution in [0.15, 0.2) is 0 Å². The molecule has 0 aromatic heterocycles. The van der Waals surface area contributed by atoms with E-state index in [1.807, 2.05) is 0 Å². The molecule has 5 heteroatoms. The van der Waals surface area contributed by atoms with E-state index in [1.54, 1.807) is 13.8 Å². The molecule has 0 fully saturated rings. The van der Waals surface area contributed by atoms with E-state index in [-0.39, 0.29) is 32.3 Å². The van der Waals surface area contributed by atoms with E-state index in [9.17, 15) is 4.79 Å². The van der Waals surface area contributed by atoms with E-state index in [1.165, 1.54) is 0 Å². The van der Waals surface area contributed by atoms with Gasteiger partial charge in [0, 0.05) is 26.2 Å². The predicted octanol–water partition coefficient (Wildman–Crippen LogP) is -0.141. The minimum Gasteiger partial charge on any atom is -0.385 e. The van der Waals surface area contributed by atoms with E-state index in [4.69, 9.17) is 5.11 Å². The number of carbonyl (C=O) groups is 1. The number of aliphatic hydroxyl groups is 1.